The first-order valence-electron chi connectivity index (χ1n) is 17.1. The van der Waals surface area contributed by atoms with E-state index in [2.05, 4.69) is 193 Å². The molecule has 0 bridgehead atoms. The zero-order valence-electron chi connectivity index (χ0n) is 27.6. The summed E-state index contributed by atoms with van der Waals surface area (Å²) in [4.78, 5) is 2.37. The molecule has 0 saturated carbocycles. The van der Waals surface area contributed by atoms with Crippen LogP contribution in [0.15, 0.2) is 170 Å². The van der Waals surface area contributed by atoms with Gasteiger partial charge in [0.15, 0.2) is 0 Å². The highest BCUT2D eigenvalue weighted by atomic mass is 15.1. The van der Waals surface area contributed by atoms with E-state index in [0.717, 1.165) is 22.7 Å². The molecule has 2 heteroatoms. The second-order valence-electron chi connectivity index (χ2n) is 13.8. The summed E-state index contributed by atoms with van der Waals surface area (Å²) in [5, 5.41) is 7.73. The number of hydrogen-bond acceptors (Lipinski definition) is 1. The number of aromatic nitrogens is 1. The smallest absolute Gasteiger partial charge is 0.0553 e. The van der Waals surface area contributed by atoms with Gasteiger partial charge in [-0.1, -0.05) is 129 Å². The lowest BCUT2D eigenvalue weighted by molar-refractivity contribution is 0.645. The van der Waals surface area contributed by atoms with Crippen molar-refractivity contribution in [2.24, 2.45) is 0 Å². The maximum atomic E-state index is 2.46. The first kappa shape index (κ1) is 27.9. The summed E-state index contributed by atoms with van der Waals surface area (Å²) in [5.41, 5.74) is 12.4. The van der Waals surface area contributed by atoms with Crippen molar-refractivity contribution in [1.82, 2.24) is 4.57 Å². The highest BCUT2D eigenvalue weighted by Crippen LogP contribution is 2.53. The Morgan fingerprint density at radius 2 is 1.10 bits per heavy atom. The molecule has 0 unspecified atom stereocenters. The lowest BCUT2D eigenvalue weighted by atomic mass is 9.68. The fraction of sp³-hybridized carbons (Fsp3) is 0.0638. The predicted octanol–water partition coefficient (Wildman–Crippen LogP) is 12.9. The minimum atomic E-state index is -0.0836. The molecule has 0 radical (unpaired) electrons. The second kappa shape index (κ2) is 10.4. The van der Waals surface area contributed by atoms with Gasteiger partial charge in [0.25, 0.3) is 0 Å². The Balaban J connectivity index is 1.22. The maximum absolute atomic E-state index is 2.46. The zero-order valence-corrected chi connectivity index (χ0v) is 27.6. The molecule has 1 aliphatic rings. The molecule has 49 heavy (non-hydrogen) atoms. The Bertz CT molecular complexity index is 2730. The van der Waals surface area contributed by atoms with Crippen molar-refractivity contribution in [3.05, 3.63) is 181 Å². The van der Waals surface area contributed by atoms with Gasteiger partial charge in [-0.05, 0) is 87.4 Å². The lowest BCUT2D eigenvalue weighted by Crippen LogP contribution is -2.23. The minimum Gasteiger partial charge on any atom is -0.310 e. The average molecular weight is 627 g/mol. The van der Waals surface area contributed by atoms with E-state index in [1.54, 1.807) is 0 Å². The van der Waals surface area contributed by atoms with Crippen LogP contribution in [-0.4, -0.2) is 4.57 Å². The van der Waals surface area contributed by atoms with Crippen LogP contribution in [0.4, 0.5) is 17.1 Å². The van der Waals surface area contributed by atoms with E-state index in [1.807, 2.05) is 0 Å². The molecule has 10 rings (SSSR count). The molecule has 0 spiro atoms. The molecule has 0 amide bonds. The highest BCUT2D eigenvalue weighted by Gasteiger charge is 2.35. The Kier molecular flexibility index (Phi) is 5.95. The molecule has 0 N–H and O–H groups in total. The van der Waals surface area contributed by atoms with Crippen LogP contribution in [0.1, 0.15) is 25.0 Å². The molecule has 0 fully saturated rings. The summed E-state index contributed by atoms with van der Waals surface area (Å²) in [6.45, 7) is 4.74. The average Bonchev–Trinajstić information content (AvgIpc) is 3.48. The molecule has 0 aliphatic heterocycles. The molecule has 1 heterocycles. The van der Waals surface area contributed by atoms with E-state index < -0.39 is 0 Å². The summed E-state index contributed by atoms with van der Waals surface area (Å²) < 4.78 is 2.46. The number of para-hydroxylation sites is 2. The van der Waals surface area contributed by atoms with E-state index in [9.17, 15) is 0 Å². The normalized spacial score (nSPS) is 13.3. The molecule has 0 saturated heterocycles. The van der Waals surface area contributed by atoms with Crippen LogP contribution in [0, 0.1) is 0 Å². The van der Waals surface area contributed by atoms with E-state index >= 15 is 0 Å². The molecule has 1 aromatic heterocycles. The molecule has 1 aliphatic carbocycles. The van der Waals surface area contributed by atoms with Gasteiger partial charge in [0.1, 0.15) is 0 Å². The van der Waals surface area contributed by atoms with Crippen molar-refractivity contribution in [2.45, 2.75) is 19.3 Å². The van der Waals surface area contributed by atoms with Crippen LogP contribution in [-0.2, 0) is 5.41 Å². The van der Waals surface area contributed by atoms with Gasteiger partial charge in [-0.2, -0.15) is 0 Å². The maximum Gasteiger partial charge on any atom is 0.0553 e. The Labute approximate surface area is 286 Å². The van der Waals surface area contributed by atoms with Gasteiger partial charge in [0.05, 0.1) is 16.7 Å². The molecule has 8 aromatic carbocycles. The van der Waals surface area contributed by atoms with E-state index in [4.69, 9.17) is 0 Å². The van der Waals surface area contributed by atoms with Gasteiger partial charge in [-0.25, -0.2) is 0 Å². The first-order valence-corrected chi connectivity index (χ1v) is 17.1. The standard InChI is InChI=1S/C47H34N2/c1-47(2)39-22-10-8-20-37(39)46-44-32(16-12-23-40(44)47)30-43-45(46)38-21-9-11-24-42(38)49(43)35-28-26-34(27-29-35)48(33-17-4-3-5-18-33)41-25-13-15-31-14-6-7-19-36(31)41/h3-30H,1-2H3. The predicted molar refractivity (Wildman–Crippen MR) is 208 cm³/mol. The number of nitrogens with zero attached hydrogens (tertiary/aromatic N) is 2. The van der Waals surface area contributed by atoms with E-state index in [-0.39, 0.29) is 5.41 Å². The topological polar surface area (TPSA) is 8.17 Å². The number of benzene rings is 8. The van der Waals surface area contributed by atoms with Gasteiger partial charge in [-0.3, -0.25) is 0 Å². The summed E-state index contributed by atoms with van der Waals surface area (Å²) in [7, 11) is 0. The van der Waals surface area contributed by atoms with Crippen molar-refractivity contribution in [1.29, 1.82) is 0 Å². The third-order valence-corrected chi connectivity index (χ3v) is 10.7. The summed E-state index contributed by atoms with van der Waals surface area (Å²) >= 11 is 0. The number of fused-ring (bicyclic) bond motifs is 7. The molecule has 9 aromatic rings. The van der Waals surface area contributed by atoms with Crippen LogP contribution < -0.4 is 4.90 Å². The van der Waals surface area contributed by atoms with Gasteiger partial charge in [0, 0.05) is 44.2 Å². The van der Waals surface area contributed by atoms with Gasteiger partial charge >= 0.3 is 0 Å². The summed E-state index contributed by atoms with van der Waals surface area (Å²) in [5.74, 6) is 0. The zero-order chi connectivity index (χ0) is 32.7. The van der Waals surface area contributed by atoms with Crippen molar-refractivity contribution in [3.8, 4) is 16.8 Å². The molecule has 232 valence electrons. The second-order valence-corrected chi connectivity index (χ2v) is 13.8. The summed E-state index contributed by atoms with van der Waals surface area (Å²) in [6.07, 6.45) is 0. The van der Waals surface area contributed by atoms with Crippen LogP contribution in [0.25, 0.3) is 60.2 Å². The Morgan fingerprint density at radius 1 is 0.469 bits per heavy atom. The third kappa shape index (κ3) is 4.01. The van der Waals surface area contributed by atoms with Crippen molar-refractivity contribution >= 4 is 60.4 Å². The molecule has 2 nitrogen and oxygen atoms in total. The minimum absolute atomic E-state index is 0.0836. The fourth-order valence-corrected chi connectivity index (χ4v) is 8.52. The Morgan fingerprint density at radius 3 is 1.96 bits per heavy atom. The van der Waals surface area contributed by atoms with E-state index in [0.29, 0.717) is 0 Å². The molecular formula is C47H34N2. The van der Waals surface area contributed by atoms with Crippen LogP contribution in [0.2, 0.25) is 0 Å². The van der Waals surface area contributed by atoms with Crippen LogP contribution >= 0.6 is 0 Å². The van der Waals surface area contributed by atoms with Crippen molar-refractivity contribution in [2.75, 3.05) is 4.90 Å². The fourth-order valence-electron chi connectivity index (χ4n) is 8.52. The molecular weight excluding hydrogens is 593 g/mol. The van der Waals surface area contributed by atoms with Gasteiger partial charge in [0.2, 0.25) is 0 Å². The number of anilines is 3. The Hall–Kier alpha value is -6.12. The lowest BCUT2D eigenvalue weighted by Gasteiger charge is -2.35. The largest absolute Gasteiger partial charge is 0.310 e. The summed E-state index contributed by atoms with van der Waals surface area (Å²) in [6, 6.07) is 62.2. The van der Waals surface area contributed by atoms with Crippen molar-refractivity contribution in [3.63, 3.8) is 0 Å². The van der Waals surface area contributed by atoms with Crippen molar-refractivity contribution < 1.29 is 0 Å². The molecule has 0 atom stereocenters. The van der Waals surface area contributed by atoms with Crippen LogP contribution in [0.5, 0.6) is 0 Å². The highest BCUT2D eigenvalue weighted by molar-refractivity contribution is 6.24. The third-order valence-electron chi connectivity index (χ3n) is 10.7. The van der Waals surface area contributed by atoms with E-state index in [1.165, 1.54) is 65.6 Å². The quantitative estimate of drug-likeness (QED) is 0.189. The monoisotopic (exact) mass is 626 g/mol. The number of rotatable bonds is 4. The van der Waals surface area contributed by atoms with Gasteiger partial charge in [-0.15, -0.1) is 0 Å². The SMILES string of the molecule is CC1(C)c2ccccc2-c2c3c1cccc3cc1c2c2ccccc2n1-c1ccc(N(c2ccccc2)c2cccc3ccccc23)cc1. The first-order chi connectivity index (χ1) is 24.1. The van der Waals surface area contributed by atoms with Crippen LogP contribution in [0.3, 0.4) is 0 Å². The van der Waals surface area contributed by atoms with Gasteiger partial charge < -0.3 is 9.47 Å². The number of hydrogen-bond donors (Lipinski definition) is 0.